The van der Waals surface area contributed by atoms with Crippen LogP contribution in [0.4, 0.5) is 0 Å². The highest BCUT2D eigenvalue weighted by atomic mass is 16.5. The molecule has 0 spiro atoms. The van der Waals surface area contributed by atoms with Gasteiger partial charge in [-0.3, -0.25) is 0 Å². The molecule has 118 valence electrons. The van der Waals surface area contributed by atoms with E-state index in [0.29, 0.717) is 5.41 Å². The van der Waals surface area contributed by atoms with Crippen molar-refractivity contribution in [2.45, 2.75) is 59.4 Å². The van der Waals surface area contributed by atoms with Crippen molar-refractivity contribution in [1.29, 1.82) is 0 Å². The third kappa shape index (κ3) is 5.03. The second-order valence-electron chi connectivity index (χ2n) is 6.82. The van der Waals surface area contributed by atoms with Gasteiger partial charge in [-0.2, -0.15) is 0 Å². The van der Waals surface area contributed by atoms with Gasteiger partial charge >= 0.3 is 0 Å². The molecule has 0 amide bonds. The summed E-state index contributed by atoms with van der Waals surface area (Å²) in [5.74, 6) is 1.79. The van der Waals surface area contributed by atoms with Gasteiger partial charge in [-0.1, -0.05) is 45.7 Å². The molecule has 1 N–H and O–H groups in total. The summed E-state index contributed by atoms with van der Waals surface area (Å²) in [5, 5.41) is 3.62. The van der Waals surface area contributed by atoms with Crippen molar-refractivity contribution in [1.82, 2.24) is 5.32 Å². The second kappa shape index (κ2) is 7.84. The fraction of sp³-hybridized carbons (Fsp3) is 0.684. The van der Waals surface area contributed by atoms with Gasteiger partial charge in [0.15, 0.2) is 0 Å². The molecule has 1 aromatic carbocycles. The predicted octanol–water partition coefficient (Wildman–Crippen LogP) is 4.78. The molecule has 2 rings (SSSR count). The van der Waals surface area contributed by atoms with E-state index >= 15 is 0 Å². The lowest BCUT2D eigenvalue weighted by molar-refractivity contribution is 0.306. The molecule has 1 aliphatic rings. The van der Waals surface area contributed by atoms with Gasteiger partial charge in [-0.15, -0.1) is 0 Å². The molecule has 0 aromatic heterocycles. The summed E-state index contributed by atoms with van der Waals surface area (Å²) in [7, 11) is 0. The topological polar surface area (TPSA) is 21.3 Å². The average molecular weight is 289 g/mol. The van der Waals surface area contributed by atoms with Crippen LogP contribution in [-0.4, -0.2) is 13.2 Å². The molecule has 1 fully saturated rings. The number of ether oxygens (including phenoxy) is 1. The maximum Gasteiger partial charge on any atom is 0.119 e. The summed E-state index contributed by atoms with van der Waals surface area (Å²) >= 11 is 0. The fourth-order valence-electron chi connectivity index (χ4n) is 2.82. The molecule has 0 heterocycles. The summed E-state index contributed by atoms with van der Waals surface area (Å²) in [4.78, 5) is 0. The van der Waals surface area contributed by atoms with E-state index in [9.17, 15) is 0 Å². The number of hydrogen-bond donors (Lipinski definition) is 1. The van der Waals surface area contributed by atoms with Crippen LogP contribution in [0, 0.1) is 11.3 Å². The standard InChI is InChI=1S/C19H31NO/c1-4-5-6-13-21-18-9-7-17(8-10-18)14-20-15-19(11-12-19)16(2)3/h7-10,16,20H,4-6,11-15H2,1-3H3. The largest absolute Gasteiger partial charge is 0.494 e. The maximum absolute atomic E-state index is 5.74. The Morgan fingerprint density at radius 2 is 1.86 bits per heavy atom. The Morgan fingerprint density at radius 1 is 1.14 bits per heavy atom. The van der Waals surface area contributed by atoms with Crippen molar-refractivity contribution in [3.05, 3.63) is 29.8 Å². The predicted molar refractivity (Wildman–Crippen MR) is 89.7 cm³/mol. The summed E-state index contributed by atoms with van der Waals surface area (Å²) in [6.45, 7) is 9.86. The number of unbranched alkanes of at least 4 members (excludes halogenated alkanes) is 2. The molecule has 0 saturated heterocycles. The van der Waals surface area contributed by atoms with Crippen molar-refractivity contribution in [2.75, 3.05) is 13.2 Å². The van der Waals surface area contributed by atoms with E-state index in [1.54, 1.807) is 0 Å². The van der Waals surface area contributed by atoms with Crippen molar-refractivity contribution in [3.8, 4) is 5.75 Å². The molecule has 1 saturated carbocycles. The first-order chi connectivity index (χ1) is 10.2. The normalized spacial score (nSPS) is 16.2. The first kappa shape index (κ1) is 16.4. The molecule has 1 aliphatic carbocycles. The van der Waals surface area contributed by atoms with Crippen LogP contribution in [0.3, 0.4) is 0 Å². The van der Waals surface area contributed by atoms with Crippen LogP contribution in [0.1, 0.15) is 58.4 Å². The Labute approximate surface area is 130 Å². The third-order valence-corrected chi connectivity index (χ3v) is 4.86. The van der Waals surface area contributed by atoms with Gasteiger partial charge in [-0.25, -0.2) is 0 Å². The van der Waals surface area contributed by atoms with E-state index < -0.39 is 0 Å². The Hall–Kier alpha value is -1.02. The average Bonchev–Trinajstić information content (AvgIpc) is 3.26. The van der Waals surface area contributed by atoms with E-state index in [-0.39, 0.29) is 0 Å². The van der Waals surface area contributed by atoms with Crippen LogP contribution in [0.2, 0.25) is 0 Å². The van der Waals surface area contributed by atoms with Crippen molar-refractivity contribution in [3.63, 3.8) is 0 Å². The number of hydrogen-bond acceptors (Lipinski definition) is 2. The summed E-state index contributed by atoms with van der Waals surface area (Å²) < 4.78 is 5.74. The smallest absolute Gasteiger partial charge is 0.119 e. The molecule has 0 atom stereocenters. The second-order valence-corrected chi connectivity index (χ2v) is 6.82. The highest BCUT2D eigenvalue weighted by molar-refractivity contribution is 5.27. The zero-order chi connectivity index (χ0) is 15.1. The highest BCUT2D eigenvalue weighted by Gasteiger charge is 2.44. The van der Waals surface area contributed by atoms with Crippen LogP contribution in [0.5, 0.6) is 5.75 Å². The van der Waals surface area contributed by atoms with Gasteiger partial charge in [0.05, 0.1) is 6.61 Å². The summed E-state index contributed by atoms with van der Waals surface area (Å²) in [5.41, 5.74) is 1.93. The van der Waals surface area contributed by atoms with E-state index in [1.165, 1.54) is 31.2 Å². The van der Waals surface area contributed by atoms with E-state index in [2.05, 4.69) is 50.4 Å². The molecule has 2 heteroatoms. The van der Waals surface area contributed by atoms with E-state index in [1.807, 2.05) is 0 Å². The Bertz CT molecular complexity index is 406. The van der Waals surface area contributed by atoms with Crippen LogP contribution in [0.15, 0.2) is 24.3 Å². The maximum atomic E-state index is 5.74. The van der Waals surface area contributed by atoms with Gasteiger partial charge < -0.3 is 10.1 Å². The van der Waals surface area contributed by atoms with Crippen LogP contribution >= 0.6 is 0 Å². The van der Waals surface area contributed by atoms with Crippen LogP contribution < -0.4 is 10.1 Å². The first-order valence-corrected chi connectivity index (χ1v) is 8.59. The third-order valence-electron chi connectivity index (χ3n) is 4.86. The van der Waals surface area contributed by atoms with E-state index in [4.69, 9.17) is 4.74 Å². The Kier molecular flexibility index (Phi) is 6.10. The number of rotatable bonds is 10. The van der Waals surface area contributed by atoms with Gasteiger partial charge in [-0.05, 0) is 48.3 Å². The molecule has 0 unspecified atom stereocenters. The molecular formula is C19H31NO. The van der Waals surface area contributed by atoms with Gasteiger partial charge in [0.2, 0.25) is 0 Å². The lowest BCUT2D eigenvalue weighted by Gasteiger charge is -2.20. The lowest BCUT2D eigenvalue weighted by Crippen LogP contribution is -2.27. The molecule has 2 nitrogen and oxygen atoms in total. The lowest BCUT2D eigenvalue weighted by atomic mass is 9.92. The Morgan fingerprint density at radius 3 is 2.43 bits per heavy atom. The minimum atomic E-state index is 0.586. The van der Waals surface area contributed by atoms with E-state index in [0.717, 1.165) is 37.8 Å². The van der Waals surface area contributed by atoms with Crippen molar-refractivity contribution >= 4 is 0 Å². The summed E-state index contributed by atoms with van der Waals surface area (Å²) in [6, 6.07) is 8.55. The number of nitrogens with one attached hydrogen (secondary N) is 1. The first-order valence-electron chi connectivity index (χ1n) is 8.59. The summed E-state index contributed by atoms with van der Waals surface area (Å²) in [6.07, 6.45) is 6.42. The minimum Gasteiger partial charge on any atom is -0.494 e. The molecule has 1 aromatic rings. The van der Waals surface area contributed by atoms with Crippen LogP contribution in [0.25, 0.3) is 0 Å². The van der Waals surface area contributed by atoms with Crippen molar-refractivity contribution < 1.29 is 4.74 Å². The molecule has 21 heavy (non-hydrogen) atoms. The highest BCUT2D eigenvalue weighted by Crippen LogP contribution is 2.51. The molecule has 0 radical (unpaired) electrons. The minimum absolute atomic E-state index is 0.586. The van der Waals surface area contributed by atoms with Gasteiger partial charge in [0, 0.05) is 13.1 Å². The monoisotopic (exact) mass is 289 g/mol. The van der Waals surface area contributed by atoms with Crippen molar-refractivity contribution in [2.24, 2.45) is 11.3 Å². The quantitative estimate of drug-likeness (QED) is 0.626. The number of benzene rings is 1. The fourth-order valence-corrected chi connectivity index (χ4v) is 2.82. The zero-order valence-electron chi connectivity index (χ0n) is 14.0. The molecular weight excluding hydrogens is 258 g/mol. The van der Waals surface area contributed by atoms with Gasteiger partial charge in [0.1, 0.15) is 5.75 Å². The van der Waals surface area contributed by atoms with Gasteiger partial charge in [0.25, 0.3) is 0 Å². The Balaban J connectivity index is 1.68. The molecule has 0 aliphatic heterocycles. The zero-order valence-corrected chi connectivity index (χ0v) is 14.0. The molecule has 0 bridgehead atoms. The van der Waals surface area contributed by atoms with Crippen LogP contribution in [-0.2, 0) is 6.54 Å². The SMILES string of the molecule is CCCCCOc1ccc(CNCC2(C(C)C)CC2)cc1.